The first-order valence-corrected chi connectivity index (χ1v) is 14.4. The normalized spacial score (nSPS) is 14.2. The number of nitrogens with zero attached hydrogens (tertiary/aromatic N) is 1. The molecule has 1 atom stereocenters. The Morgan fingerprint density at radius 3 is 2.21 bits per heavy atom. The molecule has 1 unspecified atom stereocenters. The Hall–Kier alpha value is -3.64. The summed E-state index contributed by atoms with van der Waals surface area (Å²) in [5.74, 6) is 0.250. The van der Waals surface area contributed by atoms with E-state index in [2.05, 4.69) is 21.2 Å². The largest absolute Gasteiger partial charge is 0.483 e. The van der Waals surface area contributed by atoms with Crippen LogP contribution in [-0.2, 0) is 22.6 Å². The second kappa shape index (κ2) is 12.9. The van der Waals surface area contributed by atoms with Crippen LogP contribution in [0.2, 0.25) is 0 Å². The Labute approximate surface area is 238 Å². The molecule has 0 aliphatic heterocycles. The highest BCUT2D eigenvalue weighted by atomic mass is 79.9. The second-order valence-electron chi connectivity index (χ2n) is 10.1. The molecule has 4 aromatic carbocycles. The van der Waals surface area contributed by atoms with Crippen LogP contribution in [0.25, 0.3) is 10.8 Å². The number of hydrogen-bond acceptors (Lipinski definition) is 3. The Balaban J connectivity index is 1.42. The van der Waals surface area contributed by atoms with E-state index in [1.807, 2.05) is 97.1 Å². The lowest BCUT2D eigenvalue weighted by Gasteiger charge is -2.32. The zero-order chi connectivity index (χ0) is 27.0. The van der Waals surface area contributed by atoms with Gasteiger partial charge in [0.1, 0.15) is 11.8 Å². The van der Waals surface area contributed by atoms with E-state index in [1.165, 1.54) is 0 Å². The van der Waals surface area contributed by atoms with Crippen LogP contribution >= 0.6 is 15.9 Å². The van der Waals surface area contributed by atoms with Crippen LogP contribution in [0.3, 0.4) is 0 Å². The zero-order valence-electron chi connectivity index (χ0n) is 21.9. The molecule has 0 radical (unpaired) electrons. The summed E-state index contributed by atoms with van der Waals surface area (Å²) in [4.78, 5) is 29.3. The molecule has 0 aromatic heterocycles. The van der Waals surface area contributed by atoms with Gasteiger partial charge in [0.25, 0.3) is 5.91 Å². The van der Waals surface area contributed by atoms with Gasteiger partial charge in [0, 0.05) is 19.0 Å². The first kappa shape index (κ1) is 26.9. The lowest BCUT2D eigenvalue weighted by atomic mass is 10.0. The maximum atomic E-state index is 13.9. The first-order chi connectivity index (χ1) is 19.1. The van der Waals surface area contributed by atoms with Crippen molar-refractivity contribution in [3.63, 3.8) is 0 Å². The number of nitrogens with one attached hydrogen (secondary N) is 1. The number of halogens is 1. The van der Waals surface area contributed by atoms with Crippen LogP contribution in [-0.4, -0.2) is 35.4 Å². The third-order valence-electron chi connectivity index (χ3n) is 7.35. The third-order valence-corrected chi connectivity index (χ3v) is 8.17. The summed E-state index contributed by atoms with van der Waals surface area (Å²) in [5, 5.41) is 5.34. The van der Waals surface area contributed by atoms with Gasteiger partial charge in [0.05, 0.1) is 4.47 Å². The molecule has 1 aliphatic carbocycles. The fourth-order valence-corrected chi connectivity index (χ4v) is 5.86. The van der Waals surface area contributed by atoms with Crippen LogP contribution < -0.4 is 10.1 Å². The minimum absolute atomic E-state index is 0.109. The van der Waals surface area contributed by atoms with Gasteiger partial charge in [-0.3, -0.25) is 9.59 Å². The molecule has 1 N–H and O–H groups in total. The van der Waals surface area contributed by atoms with E-state index in [1.54, 1.807) is 4.90 Å². The van der Waals surface area contributed by atoms with Gasteiger partial charge in [-0.05, 0) is 56.7 Å². The van der Waals surface area contributed by atoms with E-state index >= 15 is 0 Å². The van der Waals surface area contributed by atoms with Crippen molar-refractivity contribution in [2.45, 2.75) is 50.7 Å². The summed E-state index contributed by atoms with van der Waals surface area (Å²) in [6.45, 7) is 0.142. The highest BCUT2D eigenvalue weighted by molar-refractivity contribution is 9.10. The van der Waals surface area contributed by atoms with Crippen molar-refractivity contribution in [3.05, 3.63) is 113 Å². The van der Waals surface area contributed by atoms with Crippen molar-refractivity contribution in [3.8, 4) is 5.75 Å². The van der Waals surface area contributed by atoms with Crippen LogP contribution in [0, 0.1) is 0 Å². The summed E-state index contributed by atoms with van der Waals surface area (Å²) < 4.78 is 6.88. The predicted molar refractivity (Wildman–Crippen MR) is 158 cm³/mol. The Morgan fingerprint density at radius 2 is 1.49 bits per heavy atom. The standard InChI is InChI=1S/C33H33BrN2O3/c34-32-28-18-10-7-15-26(28)19-20-30(32)39-23-31(37)36(22-25-13-5-2-6-14-25)29(21-24-11-3-1-4-12-24)33(38)35-27-16-8-9-17-27/h1-7,10-15,18-20,27,29H,8-9,16-17,21-23H2,(H,35,38). The Bertz CT molecular complexity index is 1400. The van der Waals surface area contributed by atoms with E-state index in [4.69, 9.17) is 4.74 Å². The molecule has 6 heteroatoms. The summed E-state index contributed by atoms with van der Waals surface area (Å²) in [6, 6.07) is 31.1. The molecule has 1 aliphatic rings. The maximum absolute atomic E-state index is 13.9. The summed E-state index contributed by atoms with van der Waals surface area (Å²) in [6.07, 6.45) is 4.63. The smallest absolute Gasteiger partial charge is 0.261 e. The third kappa shape index (κ3) is 6.87. The highest BCUT2D eigenvalue weighted by Gasteiger charge is 2.32. The number of hydrogen-bond donors (Lipinski definition) is 1. The van der Waals surface area contributed by atoms with E-state index < -0.39 is 6.04 Å². The topological polar surface area (TPSA) is 58.6 Å². The molecule has 0 spiro atoms. The summed E-state index contributed by atoms with van der Waals surface area (Å²) >= 11 is 3.65. The van der Waals surface area contributed by atoms with Gasteiger partial charge in [-0.2, -0.15) is 0 Å². The van der Waals surface area contributed by atoms with E-state index in [0.717, 1.165) is 52.1 Å². The molecule has 0 heterocycles. The summed E-state index contributed by atoms with van der Waals surface area (Å²) in [5.41, 5.74) is 1.97. The monoisotopic (exact) mass is 584 g/mol. The molecular formula is C33H33BrN2O3. The van der Waals surface area contributed by atoms with Crippen LogP contribution in [0.5, 0.6) is 5.75 Å². The number of carbonyl (C=O) groups excluding carboxylic acids is 2. The molecule has 5 nitrogen and oxygen atoms in total. The predicted octanol–water partition coefficient (Wildman–Crippen LogP) is 6.68. The minimum Gasteiger partial charge on any atom is -0.483 e. The first-order valence-electron chi connectivity index (χ1n) is 13.6. The number of carbonyl (C=O) groups is 2. The molecule has 2 amide bonds. The van der Waals surface area contributed by atoms with E-state index in [9.17, 15) is 9.59 Å². The molecule has 1 fully saturated rings. The second-order valence-corrected chi connectivity index (χ2v) is 10.9. The molecular weight excluding hydrogens is 552 g/mol. The van der Waals surface area contributed by atoms with Crippen molar-refractivity contribution in [1.29, 1.82) is 0 Å². The zero-order valence-corrected chi connectivity index (χ0v) is 23.5. The fourth-order valence-electron chi connectivity index (χ4n) is 5.25. The van der Waals surface area contributed by atoms with Gasteiger partial charge in [0.15, 0.2) is 6.61 Å². The quantitative estimate of drug-likeness (QED) is 0.226. The average Bonchev–Trinajstić information content (AvgIpc) is 3.48. The molecule has 1 saturated carbocycles. The van der Waals surface area contributed by atoms with Gasteiger partial charge in [0.2, 0.25) is 5.91 Å². The van der Waals surface area contributed by atoms with Crippen molar-refractivity contribution in [1.82, 2.24) is 10.2 Å². The van der Waals surface area contributed by atoms with E-state index in [-0.39, 0.29) is 24.5 Å². The van der Waals surface area contributed by atoms with Crippen molar-refractivity contribution >= 4 is 38.5 Å². The average molecular weight is 586 g/mol. The van der Waals surface area contributed by atoms with Crippen molar-refractivity contribution in [2.75, 3.05) is 6.61 Å². The lowest BCUT2D eigenvalue weighted by molar-refractivity contribution is -0.143. The molecule has 4 aromatic rings. The Morgan fingerprint density at radius 1 is 0.846 bits per heavy atom. The Kier molecular flexibility index (Phi) is 8.94. The van der Waals surface area contributed by atoms with Gasteiger partial charge >= 0.3 is 0 Å². The highest BCUT2D eigenvalue weighted by Crippen LogP contribution is 2.33. The van der Waals surface area contributed by atoms with Crippen LogP contribution in [0.1, 0.15) is 36.8 Å². The molecule has 0 bridgehead atoms. The molecule has 39 heavy (non-hydrogen) atoms. The fraction of sp³-hybridized carbons (Fsp3) is 0.273. The molecule has 5 rings (SSSR count). The van der Waals surface area contributed by atoms with Crippen molar-refractivity contribution in [2.24, 2.45) is 0 Å². The number of benzene rings is 4. The van der Waals surface area contributed by atoms with E-state index in [0.29, 0.717) is 18.7 Å². The SMILES string of the molecule is O=C(NC1CCCC1)C(Cc1ccccc1)N(Cc1ccccc1)C(=O)COc1ccc2ccccc2c1Br. The maximum Gasteiger partial charge on any atom is 0.261 e. The summed E-state index contributed by atoms with van der Waals surface area (Å²) in [7, 11) is 0. The van der Waals surface area contributed by atoms with Crippen LogP contribution in [0.4, 0.5) is 0 Å². The molecule has 200 valence electrons. The van der Waals surface area contributed by atoms with Gasteiger partial charge < -0.3 is 15.0 Å². The lowest BCUT2D eigenvalue weighted by Crippen LogP contribution is -2.53. The number of fused-ring (bicyclic) bond motifs is 1. The minimum atomic E-state index is -0.663. The van der Waals surface area contributed by atoms with Crippen LogP contribution in [0.15, 0.2) is 102 Å². The molecule has 0 saturated heterocycles. The van der Waals surface area contributed by atoms with Crippen molar-refractivity contribution < 1.29 is 14.3 Å². The van der Waals surface area contributed by atoms with Gasteiger partial charge in [-0.1, -0.05) is 104 Å². The number of amides is 2. The number of rotatable bonds is 10. The number of ether oxygens (including phenoxy) is 1. The van der Waals surface area contributed by atoms with Gasteiger partial charge in [-0.15, -0.1) is 0 Å². The van der Waals surface area contributed by atoms with Gasteiger partial charge in [-0.25, -0.2) is 0 Å².